The fraction of sp³-hybridized carbons (Fsp3) is 0.333. The lowest BCUT2D eigenvalue weighted by Gasteiger charge is -2.56. The molecule has 12 heteroatoms. The van der Waals surface area contributed by atoms with Crippen LogP contribution in [-0.2, 0) is 29.8 Å². The Balaban J connectivity index is 1.31. The van der Waals surface area contributed by atoms with Gasteiger partial charge in [0.25, 0.3) is 17.5 Å². The summed E-state index contributed by atoms with van der Waals surface area (Å²) in [6.07, 6.45) is 0. The molecule has 3 aliphatic rings. The quantitative estimate of drug-likeness (QED) is 0.337. The third-order valence-electron chi connectivity index (χ3n) is 6.32. The van der Waals surface area contributed by atoms with E-state index in [-0.39, 0.29) is 24.8 Å². The first-order chi connectivity index (χ1) is 17.3. The SMILES string of the molecule is CO[C@@]1(c2ccc([N+](=O)[O-])cc2)OC[C@]2(O1)C(C)=CS[C@@H]1[C@H](NC(=O)COc3ccccc3)C(=O)N12. The number of ether oxygens (including phenoxy) is 4. The van der Waals surface area contributed by atoms with E-state index in [0.29, 0.717) is 11.3 Å². The zero-order valence-corrected chi connectivity index (χ0v) is 20.2. The van der Waals surface area contributed by atoms with E-state index in [4.69, 9.17) is 18.9 Å². The molecule has 0 radical (unpaired) electrons. The van der Waals surface area contributed by atoms with Gasteiger partial charge in [-0.1, -0.05) is 18.2 Å². The molecule has 0 unspecified atom stereocenters. The fourth-order valence-corrected chi connectivity index (χ4v) is 5.65. The van der Waals surface area contributed by atoms with Crippen molar-refractivity contribution in [3.8, 4) is 5.75 Å². The van der Waals surface area contributed by atoms with Gasteiger partial charge in [0.15, 0.2) is 12.3 Å². The number of β-lactam (4-membered cyclic amide) rings is 1. The zero-order valence-electron chi connectivity index (χ0n) is 19.4. The second-order valence-electron chi connectivity index (χ2n) is 8.42. The number of rotatable bonds is 7. The van der Waals surface area contributed by atoms with Gasteiger partial charge in [-0.3, -0.25) is 29.3 Å². The minimum Gasteiger partial charge on any atom is -0.484 e. The van der Waals surface area contributed by atoms with Crippen molar-refractivity contribution in [1.82, 2.24) is 10.2 Å². The van der Waals surface area contributed by atoms with Crippen molar-refractivity contribution in [3.05, 3.63) is 81.3 Å². The van der Waals surface area contributed by atoms with E-state index in [9.17, 15) is 19.7 Å². The molecular formula is C24H23N3O8S. The summed E-state index contributed by atoms with van der Waals surface area (Å²) in [7, 11) is 1.39. The normalized spacial score (nSPS) is 28.8. The first-order valence-corrected chi connectivity index (χ1v) is 12.0. The van der Waals surface area contributed by atoms with Gasteiger partial charge in [0, 0.05) is 24.8 Å². The van der Waals surface area contributed by atoms with E-state index < -0.39 is 33.9 Å². The number of benzene rings is 2. The molecule has 3 heterocycles. The number of nitro groups is 1. The average Bonchev–Trinajstić information content (AvgIpc) is 3.29. The molecule has 4 atom stereocenters. The van der Waals surface area contributed by atoms with Gasteiger partial charge in [0.2, 0.25) is 0 Å². The summed E-state index contributed by atoms with van der Waals surface area (Å²) in [6.45, 7) is 1.57. The number of hydrogen-bond acceptors (Lipinski definition) is 9. The first kappa shape index (κ1) is 24.3. The summed E-state index contributed by atoms with van der Waals surface area (Å²) < 4.78 is 23.4. The largest absolute Gasteiger partial charge is 0.484 e. The highest BCUT2D eigenvalue weighted by Gasteiger charge is 2.66. The molecule has 3 aliphatic heterocycles. The minimum absolute atomic E-state index is 0.0270. The highest BCUT2D eigenvalue weighted by atomic mass is 32.2. The van der Waals surface area contributed by atoms with Gasteiger partial charge in [0.1, 0.15) is 23.8 Å². The maximum Gasteiger partial charge on any atom is 0.314 e. The summed E-state index contributed by atoms with van der Waals surface area (Å²) in [5.41, 5.74) is -0.205. The number of para-hydroxylation sites is 1. The van der Waals surface area contributed by atoms with Crippen LogP contribution in [0.2, 0.25) is 0 Å². The van der Waals surface area contributed by atoms with Crippen molar-refractivity contribution in [2.75, 3.05) is 20.3 Å². The number of fused-ring (bicyclic) bond motifs is 2. The Morgan fingerprint density at radius 2 is 1.97 bits per heavy atom. The Labute approximate surface area is 210 Å². The lowest BCUT2D eigenvalue weighted by molar-refractivity contribution is -0.385. The van der Waals surface area contributed by atoms with Crippen LogP contribution in [0.3, 0.4) is 0 Å². The topological polar surface area (TPSA) is 129 Å². The van der Waals surface area contributed by atoms with Gasteiger partial charge < -0.3 is 19.5 Å². The second-order valence-corrected chi connectivity index (χ2v) is 9.41. The van der Waals surface area contributed by atoms with Crippen molar-refractivity contribution < 1.29 is 33.5 Å². The first-order valence-electron chi connectivity index (χ1n) is 11.1. The van der Waals surface area contributed by atoms with Gasteiger partial charge in [-0.15, -0.1) is 11.8 Å². The van der Waals surface area contributed by atoms with Crippen molar-refractivity contribution in [2.45, 2.75) is 30.0 Å². The van der Waals surface area contributed by atoms with E-state index in [1.54, 1.807) is 29.2 Å². The number of carbonyl (C=O) groups is 2. The van der Waals surface area contributed by atoms with Crippen molar-refractivity contribution in [1.29, 1.82) is 0 Å². The van der Waals surface area contributed by atoms with E-state index in [0.717, 1.165) is 5.57 Å². The molecule has 2 amide bonds. The molecule has 2 saturated heterocycles. The van der Waals surface area contributed by atoms with Crippen molar-refractivity contribution >= 4 is 29.3 Å². The zero-order chi connectivity index (χ0) is 25.5. The summed E-state index contributed by atoms with van der Waals surface area (Å²) in [6, 6.07) is 13.8. The average molecular weight is 514 g/mol. The maximum atomic E-state index is 13.2. The lowest BCUT2D eigenvalue weighted by atomic mass is 9.95. The van der Waals surface area contributed by atoms with Crippen LogP contribution in [0.5, 0.6) is 5.75 Å². The van der Waals surface area contributed by atoms with Crippen LogP contribution < -0.4 is 10.1 Å². The number of methoxy groups -OCH3 is 1. The summed E-state index contributed by atoms with van der Waals surface area (Å²) in [5.74, 6) is -1.86. The van der Waals surface area contributed by atoms with Crippen LogP contribution >= 0.6 is 11.8 Å². The smallest absolute Gasteiger partial charge is 0.314 e. The molecule has 1 N–H and O–H groups in total. The third kappa shape index (κ3) is 3.91. The van der Waals surface area contributed by atoms with Gasteiger partial charge in [0.05, 0.1) is 4.92 Å². The number of nitro benzene ring substituents is 1. The van der Waals surface area contributed by atoms with Crippen LogP contribution in [-0.4, -0.2) is 59.1 Å². The number of thioether (sulfide) groups is 1. The Kier molecular flexibility index (Phi) is 6.20. The molecule has 0 bridgehead atoms. The number of hydrogen-bond donors (Lipinski definition) is 1. The van der Waals surface area contributed by atoms with Crippen LogP contribution in [0.1, 0.15) is 12.5 Å². The molecule has 2 aromatic carbocycles. The molecule has 0 aromatic heterocycles. The molecule has 0 saturated carbocycles. The van der Waals surface area contributed by atoms with Gasteiger partial charge in [-0.25, -0.2) is 0 Å². The molecule has 5 rings (SSSR count). The van der Waals surface area contributed by atoms with Crippen LogP contribution in [0.15, 0.2) is 65.6 Å². The second kappa shape index (κ2) is 9.21. The minimum atomic E-state index is -1.67. The molecule has 2 fully saturated rings. The summed E-state index contributed by atoms with van der Waals surface area (Å²) in [5, 5.41) is 15.2. The highest BCUT2D eigenvalue weighted by Crippen LogP contribution is 2.53. The molecule has 2 aromatic rings. The van der Waals surface area contributed by atoms with Gasteiger partial charge in [-0.2, -0.15) is 0 Å². The standard InChI is InChI=1S/C24H23N3O8S/c1-15-13-36-22-20(25-19(28)12-33-18-6-4-3-5-7-18)21(29)26(22)23(15)14-34-24(32-2,35-23)16-8-10-17(11-9-16)27(30)31/h3-11,13,20,22H,12,14H2,1-2H3,(H,25,28)/t20-,22-,23+,24+/m1/s1. The lowest BCUT2D eigenvalue weighted by Crippen LogP contribution is -2.77. The molecule has 11 nitrogen and oxygen atoms in total. The molecule has 36 heavy (non-hydrogen) atoms. The summed E-state index contributed by atoms with van der Waals surface area (Å²) >= 11 is 1.40. The Morgan fingerprint density at radius 3 is 2.64 bits per heavy atom. The van der Waals surface area contributed by atoms with Crippen LogP contribution in [0.25, 0.3) is 0 Å². The monoisotopic (exact) mass is 513 g/mol. The van der Waals surface area contributed by atoms with E-state index in [1.165, 1.54) is 43.1 Å². The Morgan fingerprint density at radius 1 is 1.25 bits per heavy atom. The molecular weight excluding hydrogens is 490 g/mol. The summed E-state index contributed by atoms with van der Waals surface area (Å²) in [4.78, 5) is 37.8. The number of carbonyl (C=O) groups excluding carboxylic acids is 2. The number of amides is 2. The van der Waals surface area contributed by atoms with E-state index >= 15 is 0 Å². The Bertz CT molecular complexity index is 1220. The predicted molar refractivity (Wildman–Crippen MR) is 127 cm³/mol. The molecule has 1 spiro atoms. The Hall–Kier alpha value is -3.45. The maximum absolute atomic E-state index is 13.2. The van der Waals surface area contributed by atoms with E-state index in [1.807, 2.05) is 18.4 Å². The number of nitrogens with one attached hydrogen (secondary N) is 1. The predicted octanol–water partition coefficient (Wildman–Crippen LogP) is 2.48. The van der Waals surface area contributed by atoms with Crippen LogP contribution in [0, 0.1) is 10.1 Å². The third-order valence-corrected chi connectivity index (χ3v) is 7.58. The number of non-ortho nitro benzene ring substituents is 1. The number of nitrogens with zero attached hydrogens (tertiary/aromatic N) is 2. The van der Waals surface area contributed by atoms with Crippen LogP contribution in [0.4, 0.5) is 5.69 Å². The van der Waals surface area contributed by atoms with Gasteiger partial charge >= 0.3 is 5.97 Å². The highest BCUT2D eigenvalue weighted by molar-refractivity contribution is 8.02. The van der Waals surface area contributed by atoms with Crippen molar-refractivity contribution in [3.63, 3.8) is 0 Å². The fourth-order valence-electron chi connectivity index (χ4n) is 4.39. The van der Waals surface area contributed by atoms with Crippen molar-refractivity contribution in [2.24, 2.45) is 0 Å². The molecule has 0 aliphatic carbocycles. The molecule has 188 valence electrons. The van der Waals surface area contributed by atoms with Gasteiger partial charge in [-0.05, 0) is 42.2 Å². The van der Waals surface area contributed by atoms with E-state index in [2.05, 4.69) is 5.32 Å².